The second-order valence-corrected chi connectivity index (χ2v) is 5.85. The van der Waals surface area contributed by atoms with E-state index < -0.39 is 0 Å². The molecule has 19 heavy (non-hydrogen) atoms. The zero-order valence-electron chi connectivity index (χ0n) is 12.5. The van der Waals surface area contributed by atoms with E-state index in [4.69, 9.17) is 0 Å². The van der Waals surface area contributed by atoms with Gasteiger partial charge in [-0.2, -0.15) is 0 Å². The molecule has 1 aromatic rings. The molecule has 1 aliphatic rings. The maximum Gasteiger partial charge on any atom is 0.0361 e. The summed E-state index contributed by atoms with van der Waals surface area (Å²) in [7, 11) is 4.15. The van der Waals surface area contributed by atoms with Crippen molar-refractivity contribution >= 4 is 5.69 Å². The average molecular weight is 261 g/mol. The molecular weight excluding hydrogens is 234 g/mol. The standard InChI is InChI=1S/C16H27N3/c1-14(13-19-10-4-5-11-19)17-12-15-6-8-16(9-7-15)18(2)3/h6-9,14,17H,4-5,10-13H2,1-3H3. The Bertz CT molecular complexity index is 366. The van der Waals surface area contributed by atoms with Crippen molar-refractivity contribution in [1.29, 1.82) is 0 Å². The Balaban J connectivity index is 1.74. The highest BCUT2D eigenvalue weighted by atomic mass is 15.2. The van der Waals surface area contributed by atoms with Crippen molar-refractivity contribution in [3.8, 4) is 0 Å². The van der Waals surface area contributed by atoms with Gasteiger partial charge in [-0.25, -0.2) is 0 Å². The summed E-state index contributed by atoms with van der Waals surface area (Å²) in [6.07, 6.45) is 2.75. The molecule has 1 heterocycles. The first-order valence-corrected chi connectivity index (χ1v) is 7.37. The summed E-state index contributed by atoms with van der Waals surface area (Å²) in [5, 5.41) is 3.62. The Hall–Kier alpha value is -1.06. The number of nitrogens with zero attached hydrogens (tertiary/aromatic N) is 2. The Kier molecular flexibility index (Phi) is 5.23. The zero-order chi connectivity index (χ0) is 13.7. The third-order valence-corrected chi connectivity index (χ3v) is 3.84. The molecular formula is C16H27N3. The van der Waals surface area contributed by atoms with E-state index in [1.54, 1.807) is 0 Å². The molecule has 1 atom stereocenters. The zero-order valence-corrected chi connectivity index (χ0v) is 12.5. The summed E-state index contributed by atoms with van der Waals surface area (Å²) in [5.41, 5.74) is 2.62. The Labute approximate surface area is 117 Å². The summed E-state index contributed by atoms with van der Waals surface area (Å²) in [5.74, 6) is 0. The predicted molar refractivity (Wildman–Crippen MR) is 82.7 cm³/mol. The lowest BCUT2D eigenvalue weighted by Crippen LogP contribution is -2.37. The molecule has 1 aliphatic heterocycles. The minimum absolute atomic E-state index is 0.562. The van der Waals surface area contributed by atoms with Gasteiger partial charge in [0.2, 0.25) is 0 Å². The normalized spacial score (nSPS) is 17.6. The van der Waals surface area contributed by atoms with Crippen LogP contribution in [0.1, 0.15) is 25.3 Å². The van der Waals surface area contributed by atoms with E-state index in [9.17, 15) is 0 Å². The third kappa shape index (κ3) is 4.51. The topological polar surface area (TPSA) is 18.5 Å². The van der Waals surface area contributed by atoms with Crippen LogP contribution in [0.25, 0.3) is 0 Å². The SMILES string of the molecule is CC(CN1CCCC1)NCc1ccc(N(C)C)cc1. The van der Waals surface area contributed by atoms with Crippen LogP contribution in [0.4, 0.5) is 5.69 Å². The van der Waals surface area contributed by atoms with E-state index >= 15 is 0 Å². The molecule has 0 aliphatic carbocycles. The highest BCUT2D eigenvalue weighted by molar-refractivity contribution is 5.45. The van der Waals surface area contributed by atoms with Gasteiger partial charge in [-0.15, -0.1) is 0 Å². The molecule has 0 saturated carbocycles. The fraction of sp³-hybridized carbons (Fsp3) is 0.625. The summed E-state index contributed by atoms with van der Waals surface area (Å²) >= 11 is 0. The Morgan fingerprint density at radius 3 is 2.37 bits per heavy atom. The fourth-order valence-electron chi connectivity index (χ4n) is 2.62. The van der Waals surface area contributed by atoms with Gasteiger partial charge in [0.15, 0.2) is 0 Å². The highest BCUT2D eigenvalue weighted by Crippen LogP contribution is 2.12. The van der Waals surface area contributed by atoms with E-state index in [-0.39, 0.29) is 0 Å². The molecule has 1 aromatic carbocycles. The van der Waals surface area contributed by atoms with Crippen LogP contribution in [-0.4, -0.2) is 44.7 Å². The van der Waals surface area contributed by atoms with Gasteiger partial charge in [0, 0.05) is 38.9 Å². The highest BCUT2D eigenvalue weighted by Gasteiger charge is 2.13. The summed E-state index contributed by atoms with van der Waals surface area (Å²) in [4.78, 5) is 4.69. The third-order valence-electron chi connectivity index (χ3n) is 3.84. The monoisotopic (exact) mass is 261 g/mol. The number of rotatable bonds is 6. The number of likely N-dealkylation sites (tertiary alicyclic amines) is 1. The van der Waals surface area contributed by atoms with Gasteiger partial charge >= 0.3 is 0 Å². The molecule has 0 radical (unpaired) electrons. The molecule has 3 heteroatoms. The molecule has 1 N–H and O–H groups in total. The van der Waals surface area contributed by atoms with Crippen molar-refractivity contribution in [2.45, 2.75) is 32.4 Å². The van der Waals surface area contributed by atoms with Gasteiger partial charge < -0.3 is 15.1 Å². The maximum atomic E-state index is 3.62. The predicted octanol–water partition coefficient (Wildman–Crippen LogP) is 2.33. The van der Waals surface area contributed by atoms with Gasteiger partial charge in [0.25, 0.3) is 0 Å². The molecule has 1 saturated heterocycles. The lowest BCUT2D eigenvalue weighted by molar-refractivity contribution is 0.298. The maximum absolute atomic E-state index is 3.62. The van der Waals surface area contributed by atoms with E-state index in [1.807, 2.05) is 0 Å². The lowest BCUT2D eigenvalue weighted by Gasteiger charge is -2.21. The molecule has 0 spiro atoms. The van der Waals surface area contributed by atoms with Crippen LogP contribution < -0.4 is 10.2 Å². The second-order valence-electron chi connectivity index (χ2n) is 5.85. The van der Waals surface area contributed by atoms with Gasteiger partial charge in [-0.1, -0.05) is 12.1 Å². The van der Waals surface area contributed by atoms with Gasteiger partial charge in [-0.3, -0.25) is 0 Å². The second kappa shape index (κ2) is 6.92. The number of nitrogens with one attached hydrogen (secondary N) is 1. The Morgan fingerprint density at radius 1 is 1.16 bits per heavy atom. The molecule has 1 fully saturated rings. The molecule has 0 bridgehead atoms. The molecule has 106 valence electrons. The first-order valence-electron chi connectivity index (χ1n) is 7.37. The van der Waals surface area contributed by atoms with Crippen molar-refractivity contribution in [2.24, 2.45) is 0 Å². The molecule has 0 amide bonds. The quantitative estimate of drug-likeness (QED) is 0.848. The van der Waals surface area contributed by atoms with Crippen LogP contribution in [0.2, 0.25) is 0 Å². The lowest BCUT2D eigenvalue weighted by atomic mass is 10.2. The number of benzene rings is 1. The fourth-order valence-corrected chi connectivity index (χ4v) is 2.62. The van der Waals surface area contributed by atoms with Gasteiger partial charge in [0.1, 0.15) is 0 Å². The van der Waals surface area contributed by atoms with E-state index in [0.29, 0.717) is 6.04 Å². The van der Waals surface area contributed by atoms with Crippen LogP contribution in [0.15, 0.2) is 24.3 Å². The first-order chi connectivity index (χ1) is 9.15. The Morgan fingerprint density at radius 2 is 1.79 bits per heavy atom. The molecule has 1 unspecified atom stereocenters. The van der Waals surface area contributed by atoms with Crippen LogP contribution >= 0.6 is 0 Å². The largest absolute Gasteiger partial charge is 0.378 e. The number of hydrogen-bond acceptors (Lipinski definition) is 3. The minimum Gasteiger partial charge on any atom is -0.378 e. The van der Waals surface area contributed by atoms with Crippen molar-refractivity contribution in [1.82, 2.24) is 10.2 Å². The van der Waals surface area contributed by atoms with Gasteiger partial charge in [-0.05, 0) is 50.6 Å². The van der Waals surface area contributed by atoms with E-state index in [0.717, 1.165) is 6.54 Å². The summed E-state index contributed by atoms with van der Waals surface area (Å²) in [6.45, 7) is 6.98. The van der Waals surface area contributed by atoms with Gasteiger partial charge in [0.05, 0.1) is 0 Å². The van der Waals surface area contributed by atoms with Crippen molar-refractivity contribution in [2.75, 3.05) is 38.6 Å². The van der Waals surface area contributed by atoms with Crippen molar-refractivity contribution in [3.63, 3.8) is 0 Å². The molecule has 3 nitrogen and oxygen atoms in total. The summed E-state index contributed by atoms with van der Waals surface area (Å²) < 4.78 is 0. The van der Waals surface area contributed by atoms with Crippen LogP contribution in [0.5, 0.6) is 0 Å². The van der Waals surface area contributed by atoms with E-state index in [1.165, 1.54) is 43.7 Å². The minimum atomic E-state index is 0.562. The molecule has 0 aromatic heterocycles. The van der Waals surface area contributed by atoms with Crippen LogP contribution in [0.3, 0.4) is 0 Å². The van der Waals surface area contributed by atoms with Crippen LogP contribution in [0, 0.1) is 0 Å². The van der Waals surface area contributed by atoms with Crippen molar-refractivity contribution in [3.05, 3.63) is 29.8 Å². The summed E-state index contributed by atoms with van der Waals surface area (Å²) in [6, 6.07) is 9.35. The number of anilines is 1. The number of hydrogen-bond donors (Lipinski definition) is 1. The van der Waals surface area contributed by atoms with Crippen molar-refractivity contribution < 1.29 is 0 Å². The van der Waals surface area contributed by atoms with Crippen LogP contribution in [-0.2, 0) is 6.54 Å². The smallest absolute Gasteiger partial charge is 0.0361 e. The molecule has 2 rings (SSSR count). The average Bonchev–Trinajstić information content (AvgIpc) is 2.89. The first kappa shape index (κ1) is 14.4. The van der Waals surface area contributed by atoms with E-state index in [2.05, 4.69) is 60.4 Å².